The molecule has 0 radical (unpaired) electrons. The van der Waals surface area contributed by atoms with Gasteiger partial charge < -0.3 is 14.6 Å². The van der Waals surface area contributed by atoms with E-state index in [1.54, 1.807) is 18.3 Å². The number of benzene rings is 1. The van der Waals surface area contributed by atoms with Gasteiger partial charge in [0.2, 0.25) is 0 Å². The van der Waals surface area contributed by atoms with Crippen molar-refractivity contribution in [3.8, 4) is 0 Å². The lowest BCUT2D eigenvalue weighted by atomic mass is 9.82. The lowest BCUT2D eigenvalue weighted by molar-refractivity contribution is 0.0154. The Morgan fingerprint density at radius 2 is 1.91 bits per heavy atom. The number of aromatic amines is 1. The van der Waals surface area contributed by atoms with E-state index in [0.29, 0.717) is 24.8 Å². The molecule has 2 fully saturated rings. The van der Waals surface area contributed by atoms with Crippen LogP contribution in [0.2, 0.25) is 0 Å². The van der Waals surface area contributed by atoms with Crippen molar-refractivity contribution in [2.24, 2.45) is 0 Å². The molecule has 0 amide bonds. The summed E-state index contributed by atoms with van der Waals surface area (Å²) in [6, 6.07) is 9.17. The first kappa shape index (κ1) is 25.8. The average Bonchev–Trinajstić information content (AvgIpc) is 3.11. The third kappa shape index (κ3) is 6.11. The molecule has 8 nitrogen and oxygen atoms in total. The van der Waals surface area contributed by atoms with Gasteiger partial charge in [-0.25, -0.2) is 4.39 Å². The normalized spacial score (nSPS) is 27.5. The Hall–Kier alpha value is -2.27. The molecule has 1 unspecified atom stereocenters. The Labute approximate surface area is 206 Å². The largest absolute Gasteiger partial charge is 0.376 e. The molecule has 0 spiro atoms. The fraction of sp³-hybridized carbons (Fsp3) is 0.560. The van der Waals surface area contributed by atoms with Gasteiger partial charge in [-0.1, -0.05) is 12.1 Å². The number of pyridine rings is 1. The number of anilines is 1. The minimum atomic E-state index is -3.64. The zero-order valence-electron chi connectivity index (χ0n) is 20.5. The Bertz CT molecular complexity index is 1160. The van der Waals surface area contributed by atoms with Gasteiger partial charge in [0, 0.05) is 44.5 Å². The Morgan fingerprint density at radius 1 is 1.17 bits per heavy atom. The quantitative estimate of drug-likeness (QED) is 0.574. The van der Waals surface area contributed by atoms with Gasteiger partial charge in [0.1, 0.15) is 11.6 Å². The van der Waals surface area contributed by atoms with Crippen LogP contribution in [0.1, 0.15) is 50.5 Å². The molecular formula is C25H35FN4O4S. The summed E-state index contributed by atoms with van der Waals surface area (Å²) < 4.78 is 49.2. The standard InChI is InChI=1S/C25H35FN4O4S/c1-17-13-23(28-35(32,33)29(2)3)24(30(17)25-15-21(31)11-12-27-25)16-34-22-9-7-18(8-10-22)19-5-4-6-20(26)14-19/h4-6,11-12,14-15,17-18,22-24,28H,7-10,13,16H2,1-3H3,(H,27,31)/t17?,18?,22?,23-,24-/m0/s1. The van der Waals surface area contributed by atoms with E-state index >= 15 is 0 Å². The first-order valence-electron chi connectivity index (χ1n) is 12.2. The zero-order chi connectivity index (χ0) is 25.2. The van der Waals surface area contributed by atoms with E-state index in [9.17, 15) is 17.6 Å². The summed E-state index contributed by atoms with van der Waals surface area (Å²) in [5.74, 6) is 0.768. The van der Waals surface area contributed by atoms with Crippen LogP contribution < -0.4 is 15.1 Å². The van der Waals surface area contributed by atoms with Gasteiger partial charge in [0.25, 0.3) is 10.2 Å². The third-order valence-corrected chi connectivity index (χ3v) is 8.77. The number of H-pyrrole nitrogens is 1. The number of nitrogens with zero attached hydrogens (tertiary/aromatic N) is 2. The van der Waals surface area contributed by atoms with Crippen molar-refractivity contribution < 1.29 is 17.5 Å². The smallest absolute Gasteiger partial charge is 0.279 e. The maximum absolute atomic E-state index is 13.6. The van der Waals surface area contributed by atoms with Crippen molar-refractivity contribution in [1.29, 1.82) is 0 Å². The predicted molar refractivity (Wildman–Crippen MR) is 134 cm³/mol. The van der Waals surface area contributed by atoms with Crippen LogP contribution in [0.15, 0.2) is 47.4 Å². The molecule has 2 aliphatic rings. The summed E-state index contributed by atoms with van der Waals surface area (Å²) >= 11 is 0. The SMILES string of the molecule is CC1C[C@H](NS(=O)(=O)N(C)C)[C@H](COC2CCC(c3cccc(F)c3)CC2)N1c1cc(=O)cc[nH]1. The van der Waals surface area contributed by atoms with Gasteiger partial charge in [-0.05, 0) is 62.6 Å². The van der Waals surface area contributed by atoms with Crippen LogP contribution in [0.3, 0.4) is 0 Å². The van der Waals surface area contributed by atoms with Crippen molar-refractivity contribution in [3.05, 3.63) is 64.2 Å². The fourth-order valence-corrected chi connectivity index (χ4v) is 6.18. The summed E-state index contributed by atoms with van der Waals surface area (Å²) in [6.45, 7) is 2.35. The molecule has 1 aromatic carbocycles. The topological polar surface area (TPSA) is 94.7 Å². The number of aromatic nitrogens is 1. The van der Waals surface area contributed by atoms with Crippen molar-refractivity contribution in [3.63, 3.8) is 0 Å². The molecule has 2 N–H and O–H groups in total. The maximum Gasteiger partial charge on any atom is 0.279 e. The van der Waals surface area contributed by atoms with Gasteiger partial charge >= 0.3 is 0 Å². The molecule has 192 valence electrons. The lowest BCUT2D eigenvalue weighted by Gasteiger charge is -2.35. The second-order valence-electron chi connectivity index (χ2n) is 9.84. The highest BCUT2D eigenvalue weighted by Crippen LogP contribution is 2.35. The molecular weight excluding hydrogens is 471 g/mol. The number of hydrogen-bond donors (Lipinski definition) is 2. The Balaban J connectivity index is 1.46. The number of hydrogen-bond acceptors (Lipinski definition) is 5. The van der Waals surface area contributed by atoms with Gasteiger partial charge in [-0.3, -0.25) is 4.79 Å². The number of nitrogens with one attached hydrogen (secondary N) is 2. The van der Waals surface area contributed by atoms with Crippen molar-refractivity contribution in [2.75, 3.05) is 25.6 Å². The molecule has 4 rings (SSSR count). The maximum atomic E-state index is 13.6. The van der Waals surface area contributed by atoms with E-state index in [-0.39, 0.29) is 35.5 Å². The highest BCUT2D eigenvalue weighted by atomic mass is 32.2. The predicted octanol–water partition coefficient (Wildman–Crippen LogP) is 2.99. The van der Waals surface area contributed by atoms with Crippen molar-refractivity contribution >= 4 is 16.0 Å². The number of rotatable bonds is 8. The third-order valence-electron chi connectivity index (χ3n) is 7.21. The highest BCUT2D eigenvalue weighted by molar-refractivity contribution is 7.87. The fourth-order valence-electron chi connectivity index (χ4n) is 5.34. The van der Waals surface area contributed by atoms with Gasteiger partial charge in [0.15, 0.2) is 5.43 Å². The molecule has 10 heteroatoms. The highest BCUT2D eigenvalue weighted by Gasteiger charge is 2.42. The second kappa shape index (κ2) is 10.8. The van der Waals surface area contributed by atoms with Gasteiger partial charge in [-0.15, -0.1) is 0 Å². The van der Waals surface area contributed by atoms with E-state index in [4.69, 9.17) is 4.74 Å². The first-order chi connectivity index (χ1) is 16.6. The van der Waals surface area contributed by atoms with Gasteiger partial charge in [-0.2, -0.15) is 17.4 Å². The lowest BCUT2D eigenvalue weighted by Crippen LogP contribution is -2.51. The molecule has 1 aliphatic heterocycles. The minimum Gasteiger partial charge on any atom is -0.376 e. The first-order valence-corrected chi connectivity index (χ1v) is 13.6. The minimum absolute atomic E-state index is 0.000209. The van der Waals surface area contributed by atoms with E-state index < -0.39 is 10.2 Å². The van der Waals surface area contributed by atoms with Crippen LogP contribution in [0.25, 0.3) is 0 Å². The van der Waals surface area contributed by atoms with Crippen LogP contribution in [0, 0.1) is 5.82 Å². The average molecular weight is 507 g/mol. The Morgan fingerprint density at radius 3 is 2.57 bits per heavy atom. The summed E-state index contributed by atoms with van der Waals surface area (Å²) in [5, 5.41) is 0. The van der Waals surface area contributed by atoms with Crippen molar-refractivity contribution in [2.45, 2.75) is 69.2 Å². The molecule has 35 heavy (non-hydrogen) atoms. The molecule has 1 aliphatic carbocycles. The number of halogens is 1. The van der Waals surface area contributed by atoms with Crippen LogP contribution in [0.4, 0.5) is 10.2 Å². The summed E-state index contributed by atoms with van der Waals surface area (Å²) in [6.07, 6.45) is 5.80. The molecule has 1 saturated heterocycles. The van der Waals surface area contributed by atoms with E-state index in [0.717, 1.165) is 35.6 Å². The number of ether oxygens (including phenoxy) is 1. The van der Waals surface area contributed by atoms with Gasteiger partial charge in [0.05, 0.1) is 18.8 Å². The summed E-state index contributed by atoms with van der Waals surface area (Å²) in [7, 11) is -0.646. The molecule has 2 heterocycles. The zero-order valence-corrected chi connectivity index (χ0v) is 21.3. The van der Waals surface area contributed by atoms with Crippen LogP contribution >= 0.6 is 0 Å². The van der Waals surface area contributed by atoms with E-state index in [1.165, 1.54) is 32.3 Å². The van der Waals surface area contributed by atoms with Crippen LogP contribution in [-0.4, -0.2) is 62.6 Å². The second-order valence-corrected chi connectivity index (χ2v) is 11.8. The van der Waals surface area contributed by atoms with E-state index in [2.05, 4.69) is 14.6 Å². The molecule has 1 saturated carbocycles. The molecule has 0 bridgehead atoms. The summed E-state index contributed by atoms with van der Waals surface area (Å²) in [5.41, 5.74) is 0.920. The van der Waals surface area contributed by atoms with Crippen molar-refractivity contribution in [1.82, 2.24) is 14.0 Å². The molecule has 3 atom stereocenters. The van der Waals surface area contributed by atoms with Crippen LogP contribution in [0.5, 0.6) is 0 Å². The monoisotopic (exact) mass is 506 g/mol. The summed E-state index contributed by atoms with van der Waals surface area (Å²) in [4.78, 5) is 17.2. The van der Waals surface area contributed by atoms with E-state index in [1.807, 2.05) is 13.0 Å². The Kier molecular flexibility index (Phi) is 7.95. The van der Waals surface area contributed by atoms with Crippen LogP contribution in [-0.2, 0) is 14.9 Å². The molecule has 1 aromatic heterocycles. The molecule has 2 aromatic rings.